The summed E-state index contributed by atoms with van der Waals surface area (Å²) in [6.45, 7) is 2.02. The molecule has 2 aromatic heterocycles. The Labute approximate surface area is 169 Å². The number of benzene rings is 2. The third-order valence-electron chi connectivity index (χ3n) is 4.52. The van der Waals surface area contributed by atoms with Gasteiger partial charge in [-0.3, -0.25) is 9.36 Å². The molecule has 0 aliphatic rings. The van der Waals surface area contributed by atoms with Crippen molar-refractivity contribution in [3.05, 3.63) is 75.5 Å². The molecule has 0 saturated carbocycles. The molecule has 0 aliphatic carbocycles. The fourth-order valence-corrected chi connectivity index (χ4v) is 3.43. The van der Waals surface area contributed by atoms with Gasteiger partial charge in [0.15, 0.2) is 17.2 Å². The van der Waals surface area contributed by atoms with Crippen LogP contribution in [0.25, 0.3) is 28.2 Å². The topological polar surface area (TPSA) is 95.8 Å². The maximum Gasteiger partial charge on any atom is 0.335 e. The SMILES string of the molecule is CCn1c(=O)n(-c2ccc(F)cc2)c2nc(-c3ccccc3Cl)nc(C(N)=O)c21. The van der Waals surface area contributed by atoms with Gasteiger partial charge in [0.05, 0.1) is 10.7 Å². The van der Waals surface area contributed by atoms with Gasteiger partial charge in [-0.15, -0.1) is 0 Å². The van der Waals surface area contributed by atoms with Gasteiger partial charge in [-0.05, 0) is 43.3 Å². The van der Waals surface area contributed by atoms with Crippen LogP contribution in [0.3, 0.4) is 0 Å². The quantitative estimate of drug-likeness (QED) is 0.558. The standard InChI is InChI=1S/C20H15ClFN5O2/c1-2-26-16-15(17(23)28)24-18(13-5-3-4-6-14(13)21)25-19(16)27(20(26)29)12-9-7-11(22)8-10-12/h3-10H,2H2,1H3,(H2,23,28). The number of primary amides is 1. The van der Waals surface area contributed by atoms with E-state index in [0.29, 0.717) is 16.3 Å². The van der Waals surface area contributed by atoms with Crippen molar-refractivity contribution in [2.75, 3.05) is 0 Å². The van der Waals surface area contributed by atoms with Gasteiger partial charge in [0.1, 0.15) is 11.3 Å². The van der Waals surface area contributed by atoms with E-state index in [2.05, 4.69) is 9.97 Å². The molecule has 2 aromatic carbocycles. The predicted octanol–water partition coefficient (Wildman–Crippen LogP) is 3.16. The normalized spacial score (nSPS) is 11.1. The van der Waals surface area contributed by atoms with Gasteiger partial charge in [-0.1, -0.05) is 23.7 Å². The molecule has 9 heteroatoms. The first-order valence-electron chi connectivity index (χ1n) is 8.76. The van der Waals surface area contributed by atoms with E-state index in [1.165, 1.54) is 33.4 Å². The van der Waals surface area contributed by atoms with Crippen LogP contribution in [0.4, 0.5) is 4.39 Å². The number of amides is 1. The number of imidazole rings is 1. The maximum absolute atomic E-state index is 13.4. The molecule has 0 radical (unpaired) electrons. The number of aryl methyl sites for hydroxylation is 1. The van der Waals surface area contributed by atoms with Gasteiger partial charge in [0.25, 0.3) is 5.91 Å². The van der Waals surface area contributed by atoms with Crippen molar-refractivity contribution in [3.8, 4) is 17.1 Å². The Hall–Kier alpha value is -3.52. The Morgan fingerprint density at radius 3 is 2.45 bits per heavy atom. The van der Waals surface area contributed by atoms with Crippen molar-refractivity contribution in [2.45, 2.75) is 13.5 Å². The number of aromatic nitrogens is 4. The van der Waals surface area contributed by atoms with Crippen molar-refractivity contribution in [3.63, 3.8) is 0 Å². The predicted molar refractivity (Wildman–Crippen MR) is 108 cm³/mol. The average Bonchev–Trinajstić information content (AvgIpc) is 2.99. The van der Waals surface area contributed by atoms with Crippen molar-refractivity contribution >= 4 is 28.7 Å². The Balaban J connectivity index is 2.15. The van der Waals surface area contributed by atoms with E-state index in [9.17, 15) is 14.0 Å². The van der Waals surface area contributed by atoms with Crippen LogP contribution in [0.2, 0.25) is 5.02 Å². The Bertz CT molecular complexity index is 1310. The van der Waals surface area contributed by atoms with Crippen LogP contribution in [0.1, 0.15) is 17.4 Å². The Morgan fingerprint density at radius 2 is 1.83 bits per heavy atom. The van der Waals surface area contributed by atoms with Crippen molar-refractivity contribution in [1.29, 1.82) is 0 Å². The molecule has 0 bridgehead atoms. The molecule has 4 aromatic rings. The lowest BCUT2D eigenvalue weighted by Gasteiger charge is -2.08. The molecule has 7 nitrogen and oxygen atoms in total. The molecule has 2 heterocycles. The number of rotatable bonds is 4. The highest BCUT2D eigenvalue weighted by atomic mass is 35.5. The largest absolute Gasteiger partial charge is 0.364 e. The fraction of sp³-hybridized carbons (Fsp3) is 0.100. The molecule has 146 valence electrons. The van der Waals surface area contributed by atoms with E-state index in [4.69, 9.17) is 17.3 Å². The first-order chi connectivity index (χ1) is 13.9. The minimum Gasteiger partial charge on any atom is -0.364 e. The van der Waals surface area contributed by atoms with Crippen LogP contribution in [0.15, 0.2) is 53.3 Å². The van der Waals surface area contributed by atoms with E-state index in [0.717, 1.165) is 0 Å². The summed E-state index contributed by atoms with van der Waals surface area (Å²) < 4.78 is 16.0. The molecule has 0 spiro atoms. The van der Waals surface area contributed by atoms with Gasteiger partial charge in [-0.2, -0.15) is 0 Å². The summed E-state index contributed by atoms with van der Waals surface area (Å²) in [4.78, 5) is 34.1. The van der Waals surface area contributed by atoms with E-state index in [1.807, 2.05) is 0 Å². The number of nitrogens with zero attached hydrogens (tertiary/aromatic N) is 4. The van der Waals surface area contributed by atoms with Crippen molar-refractivity contribution < 1.29 is 9.18 Å². The minimum absolute atomic E-state index is 0.0928. The summed E-state index contributed by atoms with van der Waals surface area (Å²) in [5, 5.41) is 0.382. The number of carbonyl (C=O) groups excluding carboxylic acids is 1. The van der Waals surface area contributed by atoms with E-state index < -0.39 is 17.4 Å². The molecule has 0 unspecified atom stereocenters. The van der Waals surface area contributed by atoms with E-state index >= 15 is 0 Å². The summed E-state index contributed by atoms with van der Waals surface area (Å²) in [7, 11) is 0. The van der Waals surface area contributed by atoms with Gasteiger partial charge in [0, 0.05) is 12.1 Å². The van der Waals surface area contributed by atoms with Crippen LogP contribution in [0.5, 0.6) is 0 Å². The highest BCUT2D eigenvalue weighted by molar-refractivity contribution is 6.33. The lowest BCUT2D eigenvalue weighted by atomic mass is 10.2. The third-order valence-corrected chi connectivity index (χ3v) is 4.85. The summed E-state index contributed by atoms with van der Waals surface area (Å²) in [6, 6.07) is 12.3. The zero-order chi connectivity index (χ0) is 20.7. The van der Waals surface area contributed by atoms with Crippen molar-refractivity contribution in [1.82, 2.24) is 19.1 Å². The highest BCUT2D eigenvalue weighted by Gasteiger charge is 2.24. The van der Waals surface area contributed by atoms with Gasteiger partial charge < -0.3 is 5.73 Å². The number of hydrogen-bond donors (Lipinski definition) is 1. The monoisotopic (exact) mass is 411 g/mol. The second-order valence-corrected chi connectivity index (χ2v) is 6.66. The average molecular weight is 412 g/mol. The first kappa shape index (κ1) is 18.8. The Morgan fingerprint density at radius 1 is 1.14 bits per heavy atom. The second kappa shape index (κ2) is 7.14. The van der Waals surface area contributed by atoms with Gasteiger partial charge in [-0.25, -0.2) is 23.7 Å². The summed E-state index contributed by atoms with van der Waals surface area (Å²) in [5.41, 5.74) is 6.31. The number of fused-ring (bicyclic) bond motifs is 1. The molecule has 1 amide bonds. The van der Waals surface area contributed by atoms with E-state index in [1.54, 1.807) is 31.2 Å². The van der Waals surface area contributed by atoms with Crippen LogP contribution < -0.4 is 11.4 Å². The number of halogens is 2. The smallest absolute Gasteiger partial charge is 0.335 e. The molecule has 4 rings (SSSR count). The maximum atomic E-state index is 13.4. The van der Waals surface area contributed by atoms with E-state index in [-0.39, 0.29) is 29.2 Å². The van der Waals surface area contributed by atoms with Gasteiger partial charge >= 0.3 is 5.69 Å². The van der Waals surface area contributed by atoms with Gasteiger partial charge in [0.2, 0.25) is 0 Å². The summed E-state index contributed by atoms with van der Waals surface area (Å²) in [5.74, 6) is -1.09. The Kier molecular flexibility index (Phi) is 4.63. The molecule has 29 heavy (non-hydrogen) atoms. The second-order valence-electron chi connectivity index (χ2n) is 6.25. The summed E-state index contributed by atoms with van der Waals surface area (Å²) >= 11 is 6.27. The molecule has 0 fully saturated rings. The van der Waals surface area contributed by atoms with Crippen molar-refractivity contribution in [2.24, 2.45) is 5.73 Å². The first-order valence-corrected chi connectivity index (χ1v) is 9.14. The molecule has 2 N–H and O–H groups in total. The zero-order valence-electron chi connectivity index (χ0n) is 15.3. The summed E-state index contributed by atoms with van der Waals surface area (Å²) in [6.07, 6.45) is 0. The molecule has 0 atom stereocenters. The van der Waals surface area contributed by atoms with Crippen LogP contribution in [-0.2, 0) is 6.54 Å². The van der Waals surface area contributed by atoms with Crippen LogP contribution in [-0.4, -0.2) is 25.0 Å². The molecular weight excluding hydrogens is 397 g/mol. The molecular formula is C20H15ClFN5O2. The molecule has 0 saturated heterocycles. The lowest BCUT2D eigenvalue weighted by Crippen LogP contribution is -2.23. The third kappa shape index (κ3) is 3.07. The number of carbonyl (C=O) groups is 1. The zero-order valence-corrected chi connectivity index (χ0v) is 16.0. The number of nitrogens with two attached hydrogens (primary N) is 1. The number of hydrogen-bond acceptors (Lipinski definition) is 4. The lowest BCUT2D eigenvalue weighted by molar-refractivity contribution is 0.0997. The minimum atomic E-state index is -0.802. The fourth-order valence-electron chi connectivity index (χ4n) is 3.21. The van der Waals surface area contributed by atoms with Crippen LogP contribution >= 0.6 is 11.6 Å². The highest BCUT2D eigenvalue weighted by Crippen LogP contribution is 2.28. The molecule has 0 aliphatic heterocycles. The van der Waals surface area contributed by atoms with Crippen LogP contribution in [0, 0.1) is 5.82 Å².